The van der Waals surface area contributed by atoms with Gasteiger partial charge in [0.15, 0.2) is 0 Å². The summed E-state index contributed by atoms with van der Waals surface area (Å²) in [6.07, 6.45) is 4.71. The van der Waals surface area contributed by atoms with Gasteiger partial charge in [0.1, 0.15) is 0 Å². The average Bonchev–Trinajstić information content (AvgIpc) is 2.46. The summed E-state index contributed by atoms with van der Waals surface area (Å²) in [6, 6.07) is 6.54. The van der Waals surface area contributed by atoms with Crippen LogP contribution in [0, 0.1) is 5.92 Å². The van der Waals surface area contributed by atoms with Crippen LogP contribution in [0.25, 0.3) is 0 Å². The minimum atomic E-state index is -0.956. The van der Waals surface area contributed by atoms with Crippen molar-refractivity contribution >= 4 is 11.9 Å². The molecule has 4 nitrogen and oxygen atoms in total. The molecule has 0 unspecified atom stereocenters. The summed E-state index contributed by atoms with van der Waals surface area (Å²) < 4.78 is 0. The summed E-state index contributed by atoms with van der Waals surface area (Å²) in [4.78, 5) is 24.8. The molecular formula is C17H21NO3. The molecule has 0 bridgehead atoms. The number of nitrogens with zero attached hydrogens (tertiary/aromatic N) is 1. The smallest absolute Gasteiger partial charge is 0.335 e. The van der Waals surface area contributed by atoms with E-state index in [4.69, 9.17) is 5.11 Å². The monoisotopic (exact) mass is 287 g/mol. The number of hydrogen-bond donors (Lipinski definition) is 1. The Morgan fingerprint density at radius 2 is 1.71 bits per heavy atom. The zero-order chi connectivity index (χ0) is 15.8. The molecule has 0 heterocycles. The van der Waals surface area contributed by atoms with Crippen LogP contribution >= 0.6 is 0 Å². The minimum Gasteiger partial charge on any atom is -0.478 e. The number of rotatable bonds is 8. The number of aromatic carboxylic acids is 1. The number of benzene rings is 1. The number of carboxylic acid groups (broad SMARTS) is 1. The van der Waals surface area contributed by atoms with Gasteiger partial charge in [0.25, 0.3) is 0 Å². The van der Waals surface area contributed by atoms with Gasteiger partial charge in [-0.2, -0.15) is 0 Å². The predicted molar refractivity (Wildman–Crippen MR) is 83.0 cm³/mol. The Labute approximate surface area is 125 Å². The van der Waals surface area contributed by atoms with Gasteiger partial charge in [-0.3, -0.25) is 4.79 Å². The van der Waals surface area contributed by atoms with Crippen LogP contribution in [0.5, 0.6) is 0 Å². The van der Waals surface area contributed by atoms with Gasteiger partial charge in [-0.15, -0.1) is 13.2 Å². The fraction of sp³-hybridized carbons (Fsp3) is 0.294. The molecule has 0 radical (unpaired) electrons. The standard InChI is InChI=1S/C17H21NO3/c1-4-6-14(7-5-2)16(19)18(3)12-13-8-10-15(11-9-13)17(20)21/h4-5,8-11,14H,1-2,6-7,12H2,3H3,(H,20,21). The Kier molecular flexibility index (Phi) is 6.40. The summed E-state index contributed by atoms with van der Waals surface area (Å²) in [6.45, 7) is 7.80. The van der Waals surface area contributed by atoms with Crippen LogP contribution in [0.1, 0.15) is 28.8 Å². The number of allylic oxidation sites excluding steroid dienone is 2. The summed E-state index contributed by atoms with van der Waals surface area (Å²) >= 11 is 0. The van der Waals surface area contributed by atoms with E-state index >= 15 is 0 Å². The highest BCUT2D eigenvalue weighted by molar-refractivity contribution is 5.87. The van der Waals surface area contributed by atoms with Gasteiger partial charge in [0.2, 0.25) is 5.91 Å². The SMILES string of the molecule is C=CCC(CC=C)C(=O)N(C)Cc1ccc(C(=O)O)cc1. The van der Waals surface area contributed by atoms with Crippen LogP contribution in [-0.4, -0.2) is 28.9 Å². The van der Waals surface area contributed by atoms with E-state index in [1.807, 2.05) is 0 Å². The van der Waals surface area contributed by atoms with Gasteiger partial charge in [0.05, 0.1) is 5.56 Å². The normalized spacial score (nSPS) is 10.2. The molecule has 1 N–H and O–H groups in total. The largest absolute Gasteiger partial charge is 0.478 e. The summed E-state index contributed by atoms with van der Waals surface area (Å²) in [5.41, 5.74) is 1.13. The van der Waals surface area contributed by atoms with Gasteiger partial charge in [-0.05, 0) is 30.5 Å². The van der Waals surface area contributed by atoms with E-state index in [1.54, 1.807) is 48.4 Å². The van der Waals surface area contributed by atoms with Gasteiger partial charge < -0.3 is 10.0 Å². The van der Waals surface area contributed by atoms with E-state index in [2.05, 4.69) is 13.2 Å². The number of carbonyl (C=O) groups is 2. The third kappa shape index (κ3) is 4.91. The van der Waals surface area contributed by atoms with Gasteiger partial charge in [-0.1, -0.05) is 24.3 Å². The second-order valence-corrected chi connectivity index (χ2v) is 4.94. The zero-order valence-corrected chi connectivity index (χ0v) is 12.3. The van der Waals surface area contributed by atoms with Crippen LogP contribution in [0.4, 0.5) is 0 Å². The minimum absolute atomic E-state index is 0.0390. The molecule has 1 aromatic rings. The van der Waals surface area contributed by atoms with Crippen LogP contribution < -0.4 is 0 Å². The average molecular weight is 287 g/mol. The third-order valence-corrected chi connectivity index (χ3v) is 3.25. The van der Waals surface area contributed by atoms with E-state index in [-0.39, 0.29) is 17.4 Å². The highest BCUT2D eigenvalue weighted by atomic mass is 16.4. The Balaban J connectivity index is 2.72. The quantitative estimate of drug-likeness (QED) is 0.747. The zero-order valence-electron chi connectivity index (χ0n) is 12.3. The van der Waals surface area contributed by atoms with Crippen LogP contribution in [-0.2, 0) is 11.3 Å². The summed E-state index contributed by atoms with van der Waals surface area (Å²) in [5.74, 6) is -1.05. The highest BCUT2D eigenvalue weighted by Gasteiger charge is 2.19. The molecule has 0 saturated heterocycles. The molecule has 0 aliphatic carbocycles. The van der Waals surface area contributed by atoms with Crippen molar-refractivity contribution in [1.29, 1.82) is 0 Å². The molecule has 1 rings (SSSR count). The Morgan fingerprint density at radius 1 is 1.19 bits per heavy atom. The molecule has 112 valence electrons. The molecule has 0 aromatic heterocycles. The van der Waals surface area contributed by atoms with Crippen molar-refractivity contribution in [3.05, 3.63) is 60.7 Å². The van der Waals surface area contributed by atoms with E-state index in [0.29, 0.717) is 19.4 Å². The van der Waals surface area contributed by atoms with Crippen molar-refractivity contribution in [3.63, 3.8) is 0 Å². The second-order valence-electron chi connectivity index (χ2n) is 4.94. The molecular weight excluding hydrogens is 266 g/mol. The number of carboxylic acids is 1. The Bertz CT molecular complexity index is 509. The van der Waals surface area contributed by atoms with Crippen molar-refractivity contribution < 1.29 is 14.7 Å². The first kappa shape index (κ1) is 16.7. The molecule has 1 aromatic carbocycles. The topological polar surface area (TPSA) is 57.6 Å². The summed E-state index contributed by atoms with van der Waals surface area (Å²) in [5, 5.41) is 8.85. The lowest BCUT2D eigenvalue weighted by Gasteiger charge is -2.22. The van der Waals surface area contributed by atoms with E-state index in [1.165, 1.54) is 0 Å². The van der Waals surface area contributed by atoms with Crippen molar-refractivity contribution in [2.24, 2.45) is 5.92 Å². The van der Waals surface area contributed by atoms with Crippen LogP contribution in [0.2, 0.25) is 0 Å². The maximum atomic E-state index is 12.3. The number of hydrogen-bond acceptors (Lipinski definition) is 2. The molecule has 0 saturated carbocycles. The lowest BCUT2D eigenvalue weighted by molar-refractivity contribution is -0.134. The van der Waals surface area contributed by atoms with E-state index < -0.39 is 5.97 Å². The molecule has 4 heteroatoms. The lowest BCUT2D eigenvalue weighted by atomic mass is 9.99. The second kappa shape index (κ2) is 8.04. The maximum absolute atomic E-state index is 12.3. The maximum Gasteiger partial charge on any atom is 0.335 e. The Hall–Kier alpha value is -2.36. The van der Waals surface area contributed by atoms with Crippen molar-refractivity contribution in [1.82, 2.24) is 4.90 Å². The fourth-order valence-corrected chi connectivity index (χ4v) is 2.12. The molecule has 21 heavy (non-hydrogen) atoms. The fourth-order valence-electron chi connectivity index (χ4n) is 2.12. The first-order chi connectivity index (χ1) is 9.99. The van der Waals surface area contributed by atoms with Crippen molar-refractivity contribution in [2.75, 3.05) is 7.05 Å². The van der Waals surface area contributed by atoms with Crippen LogP contribution in [0.15, 0.2) is 49.6 Å². The van der Waals surface area contributed by atoms with E-state index in [0.717, 1.165) is 5.56 Å². The highest BCUT2D eigenvalue weighted by Crippen LogP contribution is 2.15. The van der Waals surface area contributed by atoms with Crippen LogP contribution in [0.3, 0.4) is 0 Å². The lowest BCUT2D eigenvalue weighted by Crippen LogP contribution is -2.32. The molecule has 0 fully saturated rings. The van der Waals surface area contributed by atoms with Gasteiger partial charge >= 0.3 is 5.97 Å². The molecule has 1 amide bonds. The van der Waals surface area contributed by atoms with E-state index in [9.17, 15) is 9.59 Å². The van der Waals surface area contributed by atoms with Gasteiger partial charge in [0, 0.05) is 19.5 Å². The molecule has 0 spiro atoms. The number of carbonyl (C=O) groups excluding carboxylic acids is 1. The third-order valence-electron chi connectivity index (χ3n) is 3.25. The Morgan fingerprint density at radius 3 is 2.14 bits per heavy atom. The first-order valence-corrected chi connectivity index (χ1v) is 6.78. The molecule has 0 atom stereocenters. The summed E-state index contributed by atoms with van der Waals surface area (Å²) in [7, 11) is 1.74. The first-order valence-electron chi connectivity index (χ1n) is 6.78. The number of amides is 1. The van der Waals surface area contributed by atoms with Gasteiger partial charge in [-0.25, -0.2) is 4.79 Å². The van der Waals surface area contributed by atoms with Crippen molar-refractivity contribution in [3.8, 4) is 0 Å². The van der Waals surface area contributed by atoms with Crippen molar-refractivity contribution in [2.45, 2.75) is 19.4 Å². The predicted octanol–water partition coefficient (Wildman–Crippen LogP) is 3.11. The molecule has 0 aliphatic rings. The molecule has 0 aliphatic heterocycles.